The molecule has 228 valence electrons. The molecule has 0 saturated carbocycles. The molecule has 2 rings (SSSR count). The maximum atomic E-state index is 14.5. The average molecular weight is 634 g/mol. The van der Waals surface area contributed by atoms with E-state index in [4.69, 9.17) is 12.2 Å². The number of anilines is 1. The van der Waals surface area contributed by atoms with Gasteiger partial charge in [-0.3, -0.25) is 10.1 Å². The molecule has 2 N–H and O–H groups in total. The molecule has 0 atom stereocenters. The highest BCUT2D eigenvalue weighted by atomic mass is 32.1. The van der Waals surface area contributed by atoms with Crippen LogP contribution in [0.15, 0.2) is 42.5 Å². The first-order chi connectivity index (χ1) is 18.3. The molecule has 0 spiro atoms. The SMILES string of the molecule is Cc1ccc(C(=O)NC(=S)Nc2cccc(C(F)(F)C(F)(F)OC(F)(F)C(F)(F)C(F)(F)OC(F)(F)F)c2)cc1C. The summed E-state index contributed by atoms with van der Waals surface area (Å²) in [6.07, 6.45) is -28.0. The quantitative estimate of drug-likeness (QED) is 0.221. The van der Waals surface area contributed by atoms with Gasteiger partial charge >= 0.3 is 36.5 Å². The first-order valence-electron chi connectivity index (χ1n) is 10.5. The van der Waals surface area contributed by atoms with E-state index in [1.807, 2.05) is 0 Å². The van der Waals surface area contributed by atoms with Crippen molar-refractivity contribution in [3.05, 3.63) is 64.7 Å². The number of carbonyl (C=O) groups excluding carboxylic acids is 1. The fourth-order valence-corrected chi connectivity index (χ4v) is 3.06. The van der Waals surface area contributed by atoms with Crippen LogP contribution in [-0.2, 0) is 15.4 Å². The Morgan fingerprint density at radius 1 is 0.732 bits per heavy atom. The van der Waals surface area contributed by atoms with Crippen LogP contribution in [0, 0.1) is 13.8 Å². The summed E-state index contributed by atoms with van der Waals surface area (Å²) in [5.74, 6) is -14.3. The molecule has 0 aromatic heterocycles. The summed E-state index contributed by atoms with van der Waals surface area (Å²) < 4.78 is 177. The maximum Gasteiger partial charge on any atom is 0.527 e. The van der Waals surface area contributed by atoms with Crippen LogP contribution in [0.4, 0.5) is 62.8 Å². The number of halogens is 13. The van der Waals surface area contributed by atoms with E-state index in [1.165, 1.54) is 12.1 Å². The number of nitrogens with one attached hydrogen (secondary N) is 2. The van der Waals surface area contributed by atoms with Crippen molar-refractivity contribution in [1.29, 1.82) is 0 Å². The largest absolute Gasteiger partial charge is 0.527 e. The van der Waals surface area contributed by atoms with E-state index in [0.717, 1.165) is 17.2 Å². The smallest absolute Gasteiger partial charge is 0.332 e. The molecule has 0 aliphatic heterocycles. The number of ether oxygens (including phenoxy) is 2. The van der Waals surface area contributed by atoms with Crippen molar-refractivity contribution < 1.29 is 71.3 Å². The van der Waals surface area contributed by atoms with E-state index < -0.39 is 58.8 Å². The van der Waals surface area contributed by atoms with Crippen molar-refractivity contribution in [2.45, 2.75) is 50.4 Å². The third-order valence-corrected chi connectivity index (χ3v) is 5.28. The number of amides is 1. The number of benzene rings is 2. The van der Waals surface area contributed by atoms with Gasteiger partial charge in [-0.2, -0.15) is 43.9 Å². The highest BCUT2D eigenvalue weighted by molar-refractivity contribution is 7.80. The number of hydrogen-bond donors (Lipinski definition) is 2. The lowest BCUT2D eigenvalue weighted by atomic mass is 10.1. The molecule has 2 aromatic carbocycles. The summed E-state index contributed by atoms with van der Waals surface area (Å²) in [6.45, 7) is 3.44. The van der Waals surface area contributed by atoms with Crippen LogP contribution in [0.5, 0.6) is 0 Å². The van der Waals surface area contributed by atoms with Gasteiger partial charge in [-0.1, -0.05) is 18.2 Å². The molecule has 0 unspecified atom stereocenters. The number of hydrogen-bond acceptors (Lipinski definition) is 4. The molecule has 2 aromatic rings. The van der Waals surface area contributed by atoms with Gasteiger partial charge in [0.25, 0.3) is 5.91 Å². The van der Waals surface area contributed by atoms with Crippen LogP contribution in [0.25, 0.3) is 0 Å². The fraction of sp³-hybridized carbons (Fsp3) is 0.364. The van der Waals surface area contributed by atoms with Gasteiger partial charge in [0.1, 0.15) is 0 Å². The minimum Gasteiger partial charge on any atom is -0.332 e. The van der Waals surface area contributed by atoms with E-state index in [2.05, 4.69) is 15.4 Å². The van der Waals surface area contributed by atoms with Gasteiger partial charge in [0.15, 0.2) is 5.11 Å². The summed E-state index contributed by atoms with van der Waals surface area (Å²) in [5.41, 5.74) is -0.864. The summed E-state index contributed by atoms with van der Waals surface area (Å²) in [7, 11) is 0. The van der Waals surface area contributed by atoms with E-state index in [1.54, 1.807) is 24.7 Å². The zero-order valence-electron chi connectivity index (χ0n) is 20.1. The molecular formula is C22H15F13N2O3S. The first-order valence-corrected chi connectivity index (χ1v) is 10.9. The molecule has 0 aliphatic carbocycles. The highest BCUT2D eigenvalue weighted by Crippen LogP contribution is 2.54. The second-order valence-corrected chi connectivity index (χ2v) is 8.55. The molecule has 0 saturated heterocycles. The van der Waals surface area contributed by atoms with Crippen molar-refractivity contribution in [3.63, 3.8) is 0 Å². The second kappa shape index (κ2) is 11.2. The Labute approximate surface area is 226 Å². The van der Waals surface area contributed by atoms with Crippen molar-refractivity contribution in [1.82, 2.24) is 5.32 Å². The lowest BCUT2D eigenvalue weighted by Gasteiger charge is -2.35. The number of aryl methyl sites for hydroxylation is 2. The van der Waals surface area contributed by atoms with Crippen LogP contribution in [0.1, 0.15) is 27.0 Å². The molecule has 0 radical (unpaired) electrons. The minimum atomic E-state index is -7.53. The number of thiocarbonyl (C=S) groups is 1. The number of carbonyl (C=O) groups is 1. The van der Waals surface area contributed by atoms with Crippen LogP contribution in [-0.4, -0.2) is 41.6 Å². The predicted molar refractivity (Wildman–Crippen MR) is 118 cm³/mol. The lowest BCUT2D eigenvalue weighted by molar-refractivity contribution is -0.535. The Balaban J connectivity index is 2.25. The molecule has 41 heavy (non-hydrogen) atoms. The van der Waals surface area contributed by atoms with Gasteiger partial charge in [0.05, 0.1) is 0 Å². The van der Waals surface area contributed by atoms with Crippen LogP contribution in [0.2, 0.25) is 0 Å². The molecule has 1 amide bonds. The Bertz CT molecular complexity index is 1300. The molecule has 5 nitrogen and oxygen atoms in total. The molecule has 0 aliphatic rings. The number of rotatable bonds is 9. The zero-order valence-corrected chi connectivity index (χ0v) is 20.9. The summed E-state index contributed by atoms with van der Waals surface area (Å²) in [4.78, 5) is 12.3. The predicted octanol–water partition coefficient (Wildman–Crippen LogP) is 7.49. The van der Waals surface area contributed by atoms with Gasteiger partial charge < -0.3 is 5.32 Å². The normalized spacial score (nSPS) is 13.6. The second-order valence-electron chi connectivity index (χ2n) is 8.14. The number of alkyl halides is 13. The van der Waals surface area contributed by atoms with Crippen LogP contribution >= 0.6 is 12.2 Å². The van der Waals surface area contributed by atoms with E-state index >= 15 is 0 Å². The van der Waals surface area contributed by atoms with Crippen molar-refractivity contribution >= 4 is 28.9 Å². The fourth-order valence-electron chi connectivity index (χ4n) is 2.85. The molecular weight excluding hydrogens is 619 g/mol. The van der Waals surface area contributed by atoms with Gasteiger partial charge in [0, 0.05) is 16.8 Å². The molecule has 0 heterocycles. The van der Waals surface area contributed by atoms with Crippen molar-refractivity contribution in [2.24, 2.45) is 0 Å². The summed E-state index contributed by atoms with van der Waals surface area (Å²) in [5, 5.41) is 3.70. The standard InChI is InChI=1S/C22H15F13N2O3S/c1-10-6-7-12(8-11(10)2)15(38)37-16(41)36-14-5-3-4-13(9-14)17(23,24)19(27,28)39-20(29,30)18(25,26)21(31,32)40-22(33,34)35/h3-9H,1-2H3,(H2,36,37,38,41). The minimum absolute atomic E-state index is 0.110. The molecule has 0 bridgehead atoms. The first kappa shape index (κ1) is 34.0. The maximum absolute atomic E-state index is 14.5. The summed E-state index contributed by atoms with van der Waals surface area (Å²) in [6, 6.07) is 6.24. The molecule has 19 heteroatoms. The van der Waals surface area contributed by atoms with Crippen molar-refractivity contribution in [2.75, 3.05) is 5.32 Å². The highest BCUT2D eigenvalue weighted by Gasteiger charge is 2.80. The lowest BCUT2D eigenvalue weighted by Crippen LogP contribution is -2.61. The van der Waals surface area contributed by atoms with Crippen LogP contribution in [0.3, 0.4) is 0 Å². The topological polar surface area (TPSA) is 59.6 Å². The Hall–Kier alpha value is -3.19. The van der Waals surface area contributed by atoms with E-state index in [9.17, 15) is 61.9 Å². The van der Waals surface area contributed by atoms with E-state index in [-0.39, 0.29) is 17.7 Å². The third kappa shape index (κ3) is 7.56. The van der Waals surface area contributed by atoms with Crippen molar-refractivity contribution in [3.8, 4) is 0 Å². The molecule has 0 fully saturated rings. The zero-order chi connectivity index (χ0) is 31.8. The monoisotopic (exact) mass is 634 g/mol. The summed E-state index contributed by atoms with van der Waals surface area (Å²) >= 11 is 4.82. The van der Waals surface area contributed by atoms with Crippen LogP contribution < -0.4 is 10.6 Å². The van der Waals surface area contributed by atoms with Gasteiger partial charge in [-0.15, -0.1) is 13.2 Å². The average Bonchev–Trinajstić information content (AvgIpc) is 2.78. The van der Waals surface area contributed by atoms with Gasteiger partial charge in [-0.05, 0) is 61.5 Å². The Morgan fingerprint density at radius 2 is 1.29 bits per heavy atom. The third-order valence-electron chi connectivity index (χ3n) is 5.08. The Kier molecular flexibility index (Phi) is 9.32. The van der Waals surface area contributed by atoms with E-state index in [0.29, 0.717) is 6.07 Å². The van der Waals surface area contributed by atoms with Gasteiger partial charge in [-0.25, -0.2) is 9.47 Å². The van der Waals surface area contributed by atoms with Gasteiger partial charge in [0.2, 0.25) is 0 Å². The Morgan fingerprint density at radius 3 is 1.83 bits per heavy atom.